The van der Waals surface area contributed by atoms with E-state index in [0.29, 0.717) is 0 Å². The zero-order chi connectivity index (χ0) is 41.9. The van der Waals surface area contributed by atoms with Crippen molar-refractivity contribution in [3.8, 4) is 28.2 Å². The van der Waals surface area contributed by atoms with Crippen LogP contribution in [0.1, 0.15) is 22.7 Å². The van der Waals surface area contributed by atoms with E-state index in [-0.39, 0.29) is 5.92 Å². The molecule has 1 unspecified atom stereocenters. The largest absolute Gasteiger partial charge is 0.310 e. The van der Waals surface area contributed by atoms with Gasteiger partial charge < -0.3 is 13.7 Å². The summed E-state index contributed by atoms with van der Waals surface area (Å²) in [6, 6.07) is 76.3. The molecular weight excluding hydrogens is 795 g/mol. The Morgan fingerprint density at radius 1 is 0.391 bits per heavy atom. The topological polar surface area (TPSA) is 14.8 Å². The molecule has 1 aliphatic rings. The fourth-order valence-electron chi connectivity index (χ4n) is 10.9. The molecule has 300 valence electrons. The normalized spacial score (nSPS) is 14.0. The van der Waals surface area contributed by atoms with Crippen molar-refractivity contribution in [1.82, 2.24) is 13.7 Å². The minimum absolute atomic E-state index is 0.240. The van der Waals surface area contributed by atoms with E-state index in [0.717, 1.165) is 6.42 Å². The van der Waals surface area contributed by atoms with Crippen molar-refractivity contribution in [3.05, 3.63) is 229 Å². The van der Waals surface area contributed by atoms with Crippen molar-refractivity contribution >= 4 is 92.1 Å². The van der Waals surface area contributed by atoms with Crippen molar-refractivity contribution < 1.29 is 0 Å². The van der Waals surface area contributed by atoms with Crippen LogP contribution in [-0.4, -0.2) is 13.7 Å². The molecule has 0 bridgehead atoms. The van der Waals surface area contributed by atoms with Gasteiger partial charge in [0.15, 0.2) is 0 Å². The molecule has 0 amide bonds. The van der Waals surface area contributed by atoms with Crippen molar-refractivity contribution in [3.63, 3.8) is 0 Å². The molecule has 0 N–H and O–H groups in total. The van der Waals surface area contributed by atoms with Gasteiger partial charge in [-0.05, 0) is 120 Å². The number of hydrogen-bond acceptors (Lipinski definition) is 1. The first-order chi connectivity index (χ1) is 31.7. The summed E-state index contributed by atoms with van der Waals surface area (Å²) >= 11 is 1.89. The Kier molecular flexibility index (Phi) is 7.68. The molecule has 4 heterocycles. The monoisotopic (exact) mass is 833 g/mol. The summed E-state index contributed by atoms with van der Waals surface area (Å²) in [5.41, 5.74) is 16.2. The minimum Gasteiger partial charge on any atom is -0.310 e. The highest BCUT2D eigenvalue weighted by Crippen LogP contribution is 2.44. The Balaban J connectivity index is 0.965. The Labute approximate surface area is 373 Å². The van der Waals surface area contributed by atoms with Crippen LogP contribution in [-0.2, 0) is 6.42 Å². The summed E-state index contributed by atoms with van der Waals surface area (Å²) in [4.78, 5) is 0. The molecule has 0 saturated carbocycles. The molecule has 1 atom stereocenters. The van der Waals surface area contributed by atoms with Gasteiger partial charge >= 0.3 is 0 Å². The molecule has 4 heteroatoms. The van der Waals surface area contributed by atoms with Crippen LogP contribution in [0.2, 0.25) is 0 Å². The van der Waals surface area contributed by atoms with Crippen LogP contribution in [0, 0.1) is 0 Å². The van der Waals surface area contributed by atoms with Gasteiger partial charge in [-0.2, -0.15) is 0 Å². The molecule has 14 rings (SSSR count). The SMILES string of the molecule is C1=CC(c2ccc3c(c2)c2cc(-c4ccc5c(c4)c4ccccc4n5-c4ccccc4)ccc2n3-c2cccc3c2sc2ccccc23)Cc2c1n(-c1ccccc1)c1ccccc21. The second kappa shape index (κ2) is 13.8. The summed E-state index contributed by atoms with van der Waals surface area (Å²) in [6.07, 6.45) is 5.75. The second-order valence-electron chi connectivity index (χ2n) is 17.2. The molecule has 0 saturated heterocycles. The van der Waals surface area contributed by atoms with Gasteiger partial charge in [-0.25, -0.2) is 0 Å². The number of benzene rings is 9. The summed E-state index contributed by atoms with van der Waals surface area (Å²) in [7, 11) is 0. The average Bonchev–Trinajstić information content (AvgIpc) is 4.10. The number of para-hydroxylation sites is 4. The molecule has 64 heavy (non-hydrogen) atoms. The number of nitrogens with zero attached hydrogens (tertiary/aromatic N) is 3. The lowest BCUT2D eigenvalue weighted by molar-refractivity contribution is 0.826. The summed E-state index contributed by atoms with van der Waals surface area (Å²) < 4.78 is 9.98. The number of aromatic nitrogens is 3. The van der Waals surface area contributed by atoms with Gasteiger partial charge in [-0.3, -0.25) is 0 Å². The fourth-order valence-corrected chi connectivity index (χ4v) is 12.1. The highest BCUT2D eigenvalue weighted by Gasteiger charge is 2.25. The quantitative estimate of drug-likeness (QED) is 0.164. The van der Waals surface area contributed by atoms with Crippen molar-refractivity contribution in [1.29, 1.82) is 0 Å². The number of thiophene rings is 1. The van der Waals surface area contributed by atoms with E-state index < -0.39 is 0 Å². The van der Waals surface area contributed by atoms with Crippen molar-refractivity contribution in [2.45, 2.75) is 12.3 Å². The molecular formula is C60H39N3S. The van der Waals surface area contributed by atoms with Crippen LogP contribution < -0.4 is 0 Å². The van der Waals surface area contributed by atoms with E-state index in [9.17, 15) is 0 Å². The molecule has 4 aromatic heterocycles. The zero-order valence-electron chi connectivity index (χ0n) is 34.8. The molecule has 0 fully saturated rings. The van der Waals surface area contributed by atoms with Crippen LogP contribution in [0.25, 0.3) is 109 Å². The standard InChI is InChI=1S/C60H39N3S/c1-3-14-42(15-4-1)61-52-22-10-7-18-44(52)48-34-38(26-30-54(48)61)40-28-32-56-50(36-40)51-37-41(29-33-57(51)63(56)58-24-13-21-47-46-20-9-12-25-59(46)64-60(47)58)39-27-31-55-49(35-39)45-19-8-11-23-53(45)62(55)43-16-5-2-6-17-43/h1-34,36-37,39H,35H2. The van der Waals surface area contributed by atoms with E-state index >= 15 is 0 Å². The number of fused-ring (bicyclic) bond motifs is 12. The van der Waals surface area contributed by atoms with Crippen LogP contribution in [0.5, 0.6) is 0 Å². The average molecular weight is 834 g/mol. The smallest absolute Gasteiger partial charge is 0.0640 e. The first-order valence-electron chi connectivity index (χ1n) is 22.2. The van der Waals surface area contributed by atoms with Crippen molar-refractivity contribution in [2.75, 3.05) is 0 Å². The molecule has 3 nitrogen and oxygen atoms in total. The maximum Gasteiger partial charge on any atom is 0.0640 e. The maximum absolute atomic E-state index is 2.52. The molecule has 9 aromatic carbocycles. The lowest BCUT2D eigenvalue weighted by atomic mass is 9.86. The van der Waals surface area contributed by atoms with Crippen LogP contribution >= 0.6 is 11.3 Å². The molecule has 0 aliphatic heterocycles. The van der Waals surface area contributed by atoms with Crippen molar-refractivity contribution in [2.24, 2.45) is 0 Å². The summed E-state index contributed by atoms with van der Waals surface area (Å²) in [5.74, 6) is 0.240. The van der Waals surface area contributed by atoms with E-state index in [1.54, 1.807) is 0 Å². The molecule has 13 aromatic rings. The van der Waals surface area contributed by atoms with Gasteiger partial charge in [0, 0.05) is 65.4 Å². The Morgan fingerprint density at radius 2 is 0.938 bits per heavy atom. The summed E-state index contributed by atoms with van der Waals surface area (Å²) in [6.45, 7) is 0. The lowest BCUT2D eigenvalue weighted by Gasteiger charge is -2.20. The first-order valence-corrected chi connectivity index (χ1v) is 23.0. The Morgan fingerprint density at radius 3 is 1.69 bits per heavy atom. The molecule has 1 aliphatic carbocycles. The van der Waals surface area contributed by atoms with Gasteiger partial charge in [0.05, 0.1) is 38.0 Å². The predicted octanol–water partition coefficient (Wildman–Crippen LogP) is 16.2. The van der Waals surface area contributed by atoms with Crippen LogP contribution in [0.3, 0.4) is 0 Å². The third-order valence-electron chi connectivity index (χ3n) is 13.8. The zero-order valence-corrected chi connectivity index (χ0v) is 35.6. The third-order valence-corrected chi connectivity index (χ3v) is 15.0. The van der Waals surface area contributed by atoms with Gasteiger partial charge in [-0.1, -0.05) is 127 Å². The van der Waals surface area contributed by atoms with Gasteiger partial charge in [0.25, 0.3) is 0 Å². The third kappa shape index (κ3) is 5.21. The number of allylic oxidation sites excluding steroid dienone is 1. The van der Waals surface area contributed by atoms with E-state index in [1.807, 2.05) is 11.3 Å². The predicted molar refractivity (Wildman–Crippen MR) is 272 cm³/mol. The molecule has 0 spiro atoms. The Hall–Kier alpha value is -7.92. The van der Waals surface area contributed by atoms with Gasteiger partial charge in [0.1, 0.15) is 0 Å². The lowest BCUT2D eigenvalue weighted by Crippen LogP contribution is -2.07. The van der Waals surface area contributed by atoms with Crippen LogP contribution in [0.15, 0.2) is 212 Å². The highest BCUT2D eigenvalue weighted by atomic mass is 32.1. The minimum atomic E-state index is 0.240. The maximum atomic E-state index is 2.52. The van der Waals surface area contributed by atoms with E-state index in [4.69, 9.17) is 0 Å². The number of hydrogen-bond donors (Lipinski definition) is 0. The number of rotatable bonds is 5. The second-order valence-corrected chi connectivity index (χ2v) is 18.3. The highest BCUT2D eigenvalue weighted by molar-refractivity contribution is 7.26. The first kappa shape index (κ1) is 35.7. The van der Waals surface area contributed by atoms with E-state index in [1.165, 1.54) is 120 Å². The van der Waals surface area contributed by atoms with Gasteiger partial charge in [-0.15, -0.1) is 11.3 Å². The Bertz CT molecular complexity index is 4050. The van der Waals surface area contributed by atoms with E-state index in [2.05, 4.69) is 232 Å². The summed E-state index contributed by atoms with van der Waals surface area (Å²) in [5, 5.41) is 9.02. The van der Waals surface area contributed by atoms with Crippen LogP contribution in [0.4, 0.5) is 0 Å². The molecule has 0 radical (unpaired) electrons. The fraction of sp³-hybridized carbons (Fsp3) is 0.0333. The van der Waals surface area contributed by atoms with Gasteiger partial charge in [0.2, 0.25) is 0 Å².